The van der Waals surface area contributed by atoms with E-state index in [9.17, 15) is 0 Å². The van der Waals surface area contributed by atoms with Crippen molar-refractivity contribution in [2.75, 3.05) is 0 Å². The van der Waals surface area contributed by atoms with E-state index >= 15 is 0 Å². The highest BCUT2D eigenvalue weighted by Gasteiger charge is 2.28. The van der Waals surface area contributed by atoms with Crippen molar-refractivity contribution >= 4 is 0 Å². The van der Waals surface area contributed by atoms with Gasteiger partial charge in [0.1, 0.15) is 5.75 Å². The number of rotatable bonds is 1. The third-order valence-electron chi connectivity index (χ3n) is 3.96. The van der Waals surface area contributed by atoms with E-state index in [2.05, 4.69) is 54.4 Å². The van der Waals surface area contributed by atoms with E-state index in [-0.39, 0.29) is 5.92 Å². The summed E-state index contributed by atoms with van der Waals surface area (Å²) in [4.78, 5) is 4.39. The van der Waals surface area contributed by atoms with Gasteiger partial charge in [0.2, 0.25) is 5.88 Å². The molecule has 3 aromatic rings. The average Bonchev–Trinajstić information content (AvgIpc) is 2.53. The maximum Gasteiger partial charge on any atom is 0.223 e. The highest BCUT2D eigenvalue weighted by Crippen LogP contribution is 2.45. The molecular formula is C19H15NO. The number of ether oxygens (including phenoxy) is 1. The van der Waals surface area contributed by atoms with Crippen LogP contribution >= 0.6 is 0 Å². The van der Waals surface area contributed by atoms with Gasteiger partial charge in [0.05, 0.1) is 0 Å². The van der Waals surface area contributed by atoms with E-state index in [0.29, 0.717) is 5.88 Å². The summed E-state index contributed by atoms with van der Waals surface area (Å²) in [5, 5.41) is 0. The van der Waals surface area contributed by atoms with Gasteiger partial charge in [-0.2, -0.15) is 0 Å². The van der Waals surface area contributed by atoms with Gasteiger partial charge in [0.25, 0.3) is 0 Å². The first-order valence-electron chi connectivity index (χ1n) is 7.11. The van der Waals surface area contributed by atoms with Crippen molar-refractivity contribution in [2.45, 2.75) is 12.8 Å². The summed E-state index contributed by atoms with van der Waals surface area (Å²) in [6.45, 7) is 2.11. The largest absolute Gasteiger partial charge is 0.438 e. The minimum absolute atomic E-state index is 0.180. The Morgan fingerprint density at radius 1 is 0.857 bits per heavy atom. The van der Waals surface area contributed by atoms with Gasteiger partial charge in [-0.15, -0.1) is 0 Å². The summed E-state index contributed by atoms with van der Waals surface area (Å²) < 4.78 is 5.94. The molecule has 21 heavy (non-hydrogen) atoms. The topological polar surface area (TPSA) is 22.1 Å². The number of para-hydroxylation sites is 1. The number of pyridine rings is 1. The van der Waals surface area contributed by atoms with Crippen LogP contribution in [-0.2, 0) is 0 Å². The van der Waals surface area contributed by atoms with E-state index in [1.54, 1.807) is 6.20 Å². The van der Waals surface area contributed by atoms with Crippen molar-refractivity contribution in [3.8, 4) is 11.6 Å². The Labute approximate surface area is 124 Å². The molecule has 2 aromatic carbocycles. The Hall–Kier alpha value is -2.61. The van der Waals surface area contributed by atoms with Gasteiger partial charge < -0.3 is 4.74 Å². The van der Waals surface area contributed by atoms with Gasteiger partial charge in [-0.1, -0.05) is 54.1 Å². The zero-order valence-corrected chi connectivity index (χ0v) is 11.8. The van der Waals surface area contributed by atoms with Gasteiger partial charge in [-0.05, 0) is 24.6 Å². The smallest absolute Gasteiger partial charge is 0.223 e. The van der Waals surface area contributed by atoms with E-state index in [4.69, 9.17) is 4.74 Å². The maximum atomic E-state index is 5.94. The zero-order valence-electron chi connectivity index (χ0n) is 11.8. The van der Waals surface area contributed by atoms with Gasteiger partial charge in [0, 0.05) is 23.2 Å². The Morgan fingerprint density at radius 2 is 1.62 bits per heavy atom. The molecule has 1 aliphatic heterocycles. The molecule has 1 aromatic heterocycles. The van der Waals surface area contributed by atoms with Crippen LogP contribution in [0.25, 0.3) is 0 Å². The molecule has 0 N–H and O–H groups in total. The molecule has 0 amide bonds. The monoisotopic (exact) mass is 273 g/mol. The van der Waals surface area contributed by atoms with Crippen LogP contribution < -0.4 is 4.74 Å². The fourth-order valence-corrected chi connectivity index (χ4v) is 2.91. The molecule has 0 fully saturated rings. The van der Waals surface area contributed by atoms with Crippen LogP contribution in [-0.4, -0.2) is 4.98 Å². The van der Waals surface area contributed by atoms with Crippen LogP contribution in [0.2, 0.25) is 0 Å². The maximum absolute atomic E-state index is 5.94. The quantitative estimate of drug-likeness (QED) is 0.502. The summed E-state index contributed by atoms with van der Waals surface area (Å²) in [6, 6.07) is 21.0. The first kappa shape index (κ1) is 12.2. The molecule has 102 valence electrons. The number of nitrogens with zero attached hydrogens (tertiary/aromatic N) is 1. The second-order valence-corrected chi connectivity index (χ2v) is 5.38. The van der Waals surface area contributed by atoms with Gasteiger partial charge in [0.15, 0.2) is 0 Å². The van der Waals surface area contributed by atoms with Crippen molar-refractivity contribution < 1.29 is 4.74 Å². The van der Waals surface area contributed by atoms with E-state index in [0.717, 1.165) is 11.3 Å². The lowest BCUT2D eigenvalue weighted by Crippen LogP contribution is -2.12. The number of hydrogen-bond donors (Lipinski definition) is 0. The lowest BCUT2D eigenvalue weighted by atomic mass is 9.83. The first-order valence-corrected chi connectivity index (χ1v) is 7.11. The second kappa shape index (κ2) is 4.74. The molecule has 1 atom stereocenters. The Balaban J connectivity index is 1.95. The van der Waals surface area contributed by atoms with E-state index < -0.39 is 0 Å². The molecular weight excluding hydrogens is 258 g/mol. The minimum atomic E-state index is 0.180. The van der Waals surface area contributed by atoms with E-state index in [1.807, 2.05) is 18.2 Å². The van der Waals surface area contributed by atoms with Crippen molar-refractivity contribution in [3.63, 3.8) is 0 Å². The van der Waals surface area contributed by atoms with Gasteiger partial charge in [-0.25, -0.2) is 4.98 Å². The Kier molecular flexibility index (Phi) is 2.74. The number of benzene rings is 2. The molecule has 1 aliphatic rings. The van der Waals surface area contributed by atoms with Crippen LogP contribution in [0.1, 0.15) is 28.2 Å². The molecule has 0 bridgehead atoms. The third kappa shape index (κ3) is 2.00. The predicted molar refractivity (Wildman–Crippen MR) is 82.9 cm³/mol. The molecule has 4 rings (SSSR count). The number of hydrogen-bond acceptors (Lipinski definition) is 2. The summed E-state index contributed by atoms with van der Waals surface area (Å²) in [5.41, 5.74) is 4.86. The standard InChI is InChI=1S/C19H15NO/c1-13-8-10-14(11-9-13)18-15-5-2-3-7-17(15)21-19-16(18)6-4-12-20-19/h2-12,18H,1H3. The molecule has 2 heterocycles. The van der Waals surface area contributed by atoms with Crippen molar-refractivity contribution in [2.24, 2.45) is 0 Å². The van der Waals surface area contributed by atoms with E-state index in [1.165, 1.54) is 16.7 Å². The van der Waals surface area contributed by atoms with Crippen molar-refractivity contribution in [1.82, 2.24) is 4.98 Å². The normalized spacial score (nSPS) is 15.8. The minimum Gasteiger partial charge on any atom is -0.438 e. The fraction of sp³-hybridized carbons (Fsp3) is 0.105. The lowest BCUT2D eigenvalue weighted by molar-refractivity contribution is 0.434. The highest BCUT2D eigenvalue weighted by molar-refractivity contribution is 5.56. The Bertz CT molecular complexity index is 747. The average molecular weight is 273 g/mol. The van der Waals surface area contributed by atoms with Crippen LogP contribution in [0.4, 0.5) is 0 Å². The number of aromatic nitrogens is 1. The Morgan fingerprint density at radius 3 is 2.48 bits per heavy atom. The summed E-state index contributed by atoms with van der Waals surface area (Å²) in [7, 11) is 0. The van der Waals surface area contributed by atoms with Gasteiger partial charge >= 0.3 is 0 Å². The van der Waals surface area contributed by atoms with Crippen LogP contribution in [0, 0.1) is 6.92 Å². The fourth-order valence-electron chi connectivity index (χ4n) is 2.91. The molecule has 2 nitrogen and oxygen atoms in total. The highest BCUT2D eigenvalue weighted by atomic mass is 16.5. The SMILES string of the molecule is Cc1ccc(C2c3ccccc3Oc3ncccc32)cc1. The number of fused-ring (bicyclic) bond motifs is 2. The van der Waals surface area contributed by atoms with Crippen molar-refractivity contribution in [3.05, 3.63) is 89.1 Å². The molecule has 1 unspecified atom stereocenters. The van der Waals surface area contributed by atoms with Crippen LogP contribution in [0.5, 0.6) is 11.6 Å². The summed E-state index contributed by atoms with van der Waals surface area (Å²) >= 11 is 0. The summed E-state index contributed by atoms with van der Waals surface area (Å²) in [5.74, 6) is 1.79. The van der Waals surface area contributed by atoms with Crippen LogP contribution in [0.15, 0.2) is 66.9 Å². The summed E-state index contributed by atoms with van der Waals surface area (Å²) in [6.07, 6.45) is 1.78. The molecule has 2 heteroatoms. The zero-order chi connectivity index (χ0) is 14.2. The van der Waals surface area contributed by atoms with Crippen molar-refractivity contribution in [1.29, 1.82) is 0 Å². The predicted octanol–water partition coefficient (Wildman–Crippen LogP) is 4.68. The molecule has 0 spiro atoms. The molecule has 0 saturated heterocycles. The molecule has 0 aliphatic carbocycles. The molecule has 0 radical (unpaired) electrons. The second-order valence-electron chi connectivity index (χ2n) is 5.38. The number of aryl methyl sites for hydroxylation is 1. The third-order valence-corrected chi connectivity index (χ3v) is 3.96. The van der Waals surface area contributed by atoms with Gasteiger partial charge in [-0.3, -0.25) is 0 Å². The molecule has 0 saturated carbocycles. The van der Waals surface area contributed by atoms with Crippen LogP contribution in [0.3, 0.4) is 0 Å². The lowest BCUT2D eigenvalue weighted by Gasteiger charge is -2.27. The first-order chi connectivity index (χ1) is 10.3.